The maximum absolute atomic E-state index is 14.2. The van der Waals surface area contributed by atoms with Crippen LogP contribution < -0.4 is 5.01 Å². The van der Waals surface area contributed by atoms with Crippen LogP contribution in [0.25, 0.3) is 0 Å². The molecule has 0 fully saturated rings. The number of thiophene rings is 1. The van der Waals surface area contributed by atoms with Gasteiger partial charge in [0, 0.05) is 5.57 Å². The van der Waals surface area contributed by atoms with E-state index < -0.39 is 5.41 Å². The Hall–Kier alpha value is -3.90. The molecule has 5 nitrogen and oxygen atoms in total. The molecule has 2 aromatic carbocycles. The normalized spacial score (nSPS) is 20.5. The summed E-state index contributed by atoms with van der Waals surface area (Å²) in [5.74, 6) is -1.02. The fraction of sp³-hybridized carbons (Fsp3) is 0.0769. The second-order valence-corrected chi connectivity index (χ2v) is 8.55. The Morgan fingerprint density at radius 1 is 0.844 bits per heavy atom. The van der Waals surface area contributed by atoms with Crippen LogP contribution in [0.5, 0.6) is 0 Å². The Kier molecular flexibility index (Phi) is 4.99. The van der Waals surface area contributed by atoms with Crippen molar-refractivity contribution in [3.63, 3.8) is 0 Å². The first-order valence-electron chi connectivity index (χ1n) is 10.1. The molecule has 1 unspecified atom stereocenters. The first kappa shape index (κ1) is 20.0. The number of benzene rings is 2. The van der Waals surface area contributed by atoms with E-state index >= 15 is 0 Å². The second-order valence-electron chi connectivity index (χ2n) is 7.60. The van der Waals surface area contributed by atoms with Gasteiger partial charge in [-0.15, -0.1) is 11.3 Å². The van der Waals surface area contributed by atoms with Crippen molar-refractivity contribution in [2.24, 2.45) is 10.5 Å². The zero-order chi connectivity index (χ0) is 22.1. The number of carbonyl (C=O) groups excluding carboxylic acids is 3. The first-order valence-corrected chi connectivity index (χ1v) is 11.0. The van der Waals surface area contributed by atoms with Crippen LogP contribution in [-0.2, 0) is 20.8 Å². The number of hydrazone groups is 1. The molecule has 1 amide bonds. The van der Waals surface area contributed by atoms with Crippen LogP contribution in [0, 0.1) is 5.41 Å². The average Bonchev–Trinajstić information content (AvgIpc) is 3.44. The Labute approximate surface area is 189 Å². The smallest absolute Gasteiger partial charge is 0.264 e. The van der Waals surface area contributed by atoms with E-state index in [1.165, 1.54) is 34.6 Å². The summed E-state index contributed by atoms with van der Waals surface area (Å²) in [6, 6.07) is 22.4. The Morgan fingerprint density at radius 2 is 1.56 bits per heavy atom. The van der Waals surface area contributed by atoms with Crippen molar-refractivity contribution >= 4 is 40.2 Å². The number of anilines is 1. The van der Waals surface area contributed by atoms with Crippen molar-refractivity contribution in [3.05, 3.63) is 112 Å². The molecule has 1 aliphatic heterocycles. The molecule has 3 aromatic rings. The van der Waals surface area contributed by atoms with E-state index in [1.54, 1.807) is 12.1 Å². The van der Waals surface area contributed by atoms with Gasteiger partial charge in [-0.05, 0) is 53.8 Å². The van der Waals surface area contributed by atoms with Crippen molar-refractivity contribution in [1.29, 1.82) is 0 Å². The highest BCUT2D eigenvalue weighted by Gasteiger charge is 2.56. The molecule has 1 aliphatic carbocycles. The SMILES string of the molecule is O=C1C=CC(=O)C(C2(Cc3ccccc3)C(=O)N(c3ccccc3)N=C2c2cccs2)=C1. The number of allylic oxidation sites excluding steroid dienone is 3. The lowest BCUT2D eigenvalue weighted by atomic mass is 9.68. The highest BCUT2D eigenvalue weighted by Crippen LogP contribution is 2.45. The zero-order valence-electron chi connectivity index (χ0n) is 17.0. The number of rotatable bonds is 5. The summed E-state index contributed by atoms with van der Waals surface area (Å²) < 4.78 is 0. The monoisotopic (exact) mass is 438 g/mol. The average molecular weight is 439 g/mol. The minimum Gasteiger partial charge on any atom is -0.290 e. The summed E-state index contributed by atoms with van der Waals surface area (Å²) in [7, 11) is 0. The van der Waals surface area contributed by atoms with E-state index in [2.05, 4.69) is 0 Å². The summed E-state index contributed by atoms with van der Waals surface area (Å²) in [4.78, 5) is 40.4. The summed E-state index contributed by atoms with van der Waals surface area (Å²) in [6.45, 7) is 0. The first-order chi connectivity index (χ1) is 15.6. The predicted molar refractivity (Wildman–Crippen MR) is 125 cm³/mol. The molecule has 2 heterocycles. The standard InChI is InChI=1S/C26H18N2O3S/c29-20-13-14-22(30)21(16-20)26(17-18-8-3-1-4-9-18)24(23-12-7-15-32-23)27-28(25(26)31)19-10-5-2-6-11-19/h1-16H,17H2. The minimum atomic E-state index is -1.42. The molecule has 1 atom stereocenters. The Bertz CT molecular complexity index is 1290. The maximum Gasteiger partial charge on any atom is 0.264 e. The van der Waals surface area contributed by atoms with Gasteiger partial charge in [-0.2, -0.15) is 10.1 Å². The third-order valence-corrected chi connectivity index (χ3v) is 6.52. The Balaban J connectivity index is 1.77. The van der Waals surface area contributed by atoms with Gasteiger partial charge in [0.2, 0.25) is 0 Å². The maximum atomic E-state index is 14.2. The lowest BCUT2D eigenvalue weighted by Crippen LogP contribution is -2.46. The topological polar surface area (TPSA) is 66.8 Å². The Morgan fingerprint density at radius 3 is 2.25 bits per heavy atom. The van der Waals surface area contributed by atoms with Gasteiger partial charge in [0.25, 0.3) is 5.91 Å². The third kappa shape index (κ3) is 3.25. The van der Waals surface area contributed by atoms with Gasteiger partial charge in [0.05, 0.1) is 16.3 Å². The van der Waals surface area contributed by atoms with Crippen molar-refractivity contribution in [2.45, 2.75) is 6.42 Å². The lowest BCUT2D eigenvalue weighted by Gasteiger charge is -2.31. The van der Waals surface area contributed by atoms with E-state index in [-0.39, 0.29) is 29.5 Å². The molecule has 0 N–H and O–H groups in total. The number of hydrogen-bond donors (Lipinski definition) is 0. The summed E-state index contributed by atoms with van der Waals surface area (Å²) in [5, 5.41) is 8.01. The summed E-state index contributed by atoms with van der Waals surface area (Å²) in [6.07, 6.45) is 3.99. The van der Waals surface area contributed by atoms with E-state index in [9.17, 15) is 14.4 Å². The third-order valence-electron chi connectivity index (χ3n) is 5.64. The summed E-state index contributed by atoms with van der Waals surface area (Å²) in [5.41, 5.74) is 0.694. The molecule has 32 heavy (non-hydrogen) atoms. The molecule has 156 valence electrons. The van der Waals surface area contributed by atoms with E-state index in [0.717, 1.165) is 10.4 Å². The minimum absolute atomic E-state index is 0.157. The second kappa shape index (κ2) is 7.98. The van der Waals surface area contributed by atoms with Gasteiger partial charge >= 0.3 is 0 Å². The molecule has 6 heteroatoms. The van der Waals surface area contributed by atoms with Crippen molar-refractivity contribution < 1.29 is 14.4 Å². The van der Waals surface area contributed by atoms with Crippen LogP contribution in [0.2, 0.25) is 0 Å². The van der Waals surface area contributed by atoms with Crippen molar-refractivity contribution in [3.8, 4) is 0 Å². The highest BCUT2D eigenvalue weighted by molar-refractivity contribution is 7.12. The molecule has 0 radical (unpaired) electrons. The van der Waals surface area contributed by atoms with Crippen LogP contribution in [0.4, 0.5) is 5.69 Å². The predicted octanol–water partition coefficient (Wildman–Crippen LogP) is 4.36. The van der Waals surface area contributed by atoms with Crippen LogP contribution >= 0.6 is 11.3 Å². The molecule has 0 saturated carbocycles. The van der Waals surface area contributed by atoms with E-state index in [1.807, 2.05) is 66.0 Å². The lowest BCUT2D eigenvalue weighted by molar-refractivity contribution is -0.124. The number of nitrogens with zero attached hydrogens (tertiary/aromatic N) is 2. The number of hydrogen-bond acceptors (Lipinski definition) is 5. The van der Waals surface area contributed by atoms with Gasteiger partial charge < -0.3 is 0 Å². The van der Waals surface area contributed by atoms with Gasteiger partial charge in [0.15, 0.2) is 11.6 Å². The fourth-order valence-electron chi connectivity index (χ4n) is 4.17. The van der Waals surface area contributed by atoms with Crippen molar-refractivity contribution in [1.82, 2.24) is 0 Å². The van der Waals surface area contributed by atoms with Crippen LogP contribution in [0.3, 0.4) is 0 Å². The molecule has 0 spiro atoms. The van der Waals surface area contributed by atoms with Gasteiger partial charge in [-0.25, -0.2) is 0 Å². The molecule has 5 rings (SSSR count). The molecular weight excluding hydrogens is 420 g/mol. The summed E-state index contributed by atoms with van der Waals surface area (Å²) >= 11 is 1.45. The number of para-hydroxylation sites is 1. The quantitative estimate of drug-likeness (QED) is 0.556. The van der Waals surface area contributed by atoms with Crippen molar-refractivity contribution in [2.75, 3.05) is 5.01 Å². The van der Waals surface area contributed by atoms with Gasteiger partial charge in [0.1, 0.15) is 5.41 Å². The van der Waals surface area contributed by atoms with Gasteiger partial charge in [-0.3, -0.25) is 14.4 Å². The molecular formula is C26H18N2O3S. The molecule has 0 saturated heterocycles. The molecule has 0 bridgehead atoms. The number of ketones is 2. The van der Waals surface area contributed by atoms with Gasteiger partial charge in [-0.1, -0.05) is 54.6 Å². The van der Waals surface area contributed by atoms with Crippen LogP contribution in [0.1, 0.15) is 10.4 Å². The van der Waals surface area contributed by atoms with Crippen LogP contribution in [0.15, 0.2) is 107 Å². The largest absolute Gasteiger partial charge is 0.290 e. The molecule has 2 aliphatic rings. The van der Waals surface area contributed by atoms with Crippen LogP contribution in [-0.4, -0.2) is 23.2 Å². The van der Waals surface area contributed by atoms with E-state index in [4.69, 9.17) is 5.10 Å². The number of amides is 1. The zero-order valence-corrected chi connectivity index (χ0v) is 17.8. The van der Waals surface area contributed by atoms with E-state index in [0.29, 0.717) is 11.4 Å². The molecule has 1 aromatic heterocycles. The highest BCUT2D eigenvalue weighted by atomic mass is 32.1. The number of carbonyl (C=O) groups is 3. The fourth-order valence-corrected chi connectivity index (χ4v) is 4.96.